The van der Waals surface area contributed by atoms with Crippen LogP contribution in [0.25, 0.3) is 0 Å². The highest BCUT2D eigenvalue weighted by atomic mass is 32.2. The molecule has 0 unspecified atom stereocenters. The summed E-state index contributed by atoms with van der Waals surface area (Å²) in [6.45, 7) is 4.30. The van der Waals surface area contributed by atoms with Gasteiger partial charge >= 0.3 is 0 Å². The summed E-state index contributed by atoms with van der Waals surface area (Å²) in [5, 5.41) is 9.05. The van der Waals surface area contributed by atoms with Crippen LogP contribution in [0.4, 0.5) is 0 Å². The third-order valence-corrected chi connectivity index (χ3v) is 2.89. The summed E-state index contributed by atoms with van der Waals surface area (Å²) >= 11 is 1.68. The van der Waals surface area contributed by atoms with Gasteiger partial charge in [0.15, 0.2) is 0 Å². The Hall–Kier alpha value is -0.470. The van der Waals surface area contributed by atoms with Gasteiger partial charge in [-0.3, -0.25) is 0 Å². The summed E-state index contributed by atoms with van der Waals surface area (Å²) < 4.78 is 0. The fourth-order valence-electron chi connectivity index (χ4n) is 1.16. The van der Waals surface area contributed by atoms with Crippen molar-refractivity contribution in [2.45, 2.75) is 25.3 Å². The first-order valence-corrected chi connectivity index (χ1v) is 5.16. The van der Waals surface area contributed by atoms with E-state index in [0.717, 1.165) is 5.56 Å². The van der Waals surface area contributed by atoms with Crippen LogP contribution in [0, 0.1) is 13.8 Å². The number of thioether (sulfide) groups is 1. The minimum absolute atomic E-state index is 0.136. The van der Waals surface area contributed by atoms with E-state index in [4.69, 9.17) is 5.11 Å². The molecule has 0 atom stereocenters. The number of aryl methyl sites for hydroxylation is 2. The lowest BCUT2D eigenvalue weighted by Crippen LogP contribution is -1.91. The first kappa shape index (κ1) is 9.62. The predicted molar refractivity (Wildman–Crippen MR) is 53.6 cm³/mol. The maximum Gasteiger partial charge on any atom is 0.0692 e. The van der Waals surface area contributed by atoms with Crippen molar-refractivity contribution in [2.75, 3.05) is 6.26 Å². The van der Waals surface area contributed by atoms with Crippen LogP contribution in [0.15, 0.2) is 17.0 Å². The third kappa shape index (κ3) is 1.82. The minimum Gasteiger partial charge on any atom is -0.392 e. The second kappa shape index (κ2) is 3.97. The van der Waals surface area contributed by atoms with E-state index < -0.39 is 0 Å². The number of rotatable bonds is 2. The van der Waals surface area contributed by atoms with Crippen LogP contribution < -0.4 is 0 Å². The molecule has 0 spiro atoms. The first-order chi connectivity index (χ1) is 5.69. The summed E-state index contributed by atoms with van der Waals surface area (Å²) in [5.74, 6) is 0. The molecule has 0 amide bonds. The zero-order valence-corrected chi connectivity index (χ0v) is 8.53. The first-order valence-electron chi connectivity index (χ1n) is 3.94. The molecule has 0 fully saturated rings. The molecule has 0 saturated heterocycles. The largest absolute Gasteiger partial charge is 0.392 e. The summed E-state index contributed by atoms with van der Waals surface area (Å²) in [6.07, 6.45) is 2.03. The molecule has 12 heavy (non-hydrogen) atoms. The molecule has 1 nitrogen and oxygen atoms in total. The SMILES string of the molecule is CSc1cc(C)c(C)cc1CO. The van der Waals surface area contributed by atoms with Crippen LogP contribution in [0.5, 0.6) is 0 Å². The Balaban J connectivity index is 3.19. The van der Waals surface area contributed by atoms with Crippen LogP contribution in [-0.4, -0.2) is 11.4 Å². The van der Waals surface area contributed by atoms with Gasteiger partial charge in [0, 0.05) is 4.90 Å². The van der Waals surface area contributed by atoms with Gasteiger partial charge in [-0.15, -0.1) is 11.8 Å². The van der Waals surface area contributed by atoms with Crippen molar-refractivity contribution < 1.29 is 5.11 Å². The second-order valence-electron chi connectivity index (χ2n) is 2.91. The van der Waals surface area contributed by atoms with Crippen LogP contribution >= 0.6 is 11.8 Å². The van der Waals surface area contributed by atoms with E-state index in [-0.39, 0.29) is 6.61 Å². The molecule has 0 aromatic heterocycles. The van der Waals surface area contributed by atoms with Crippen molar-refractivity contribution in [3.8, 4) is 0 Å². The quantitative estimate of drug-likeness (QED) is 0.709. The number of hydrogen-bond acceptors (Lipinski definition) is 2. The molecule has 1 aromatic rings. The lowest BCUT2D eigenvalue weighted by molar-refractivity contribution is 0.279. The van der Waals surface area contributed by atoms with Gasteiger partial charge in [0.25, 0.3) is 0 Å². The lowest BCUT2D eigenvalue weighted by atomic mass is 10.1. The van der Waals surface area contributed by atoms with Gasteiger partial charge < -0.3 is 5.11 Å². The molecule has 0 bridgehead atoms. The van der Waals surface area contributed by atoms with Gasteiger partial charge in [0.2, 0.25) is 0 Å². The Morgan fingerprint density at radius 3 is 2.33 bits per heavy atom. The fourth-order valence-corrected chi connectivity index (χ4v) is 1.84. The standard InChI is InChI=1S/C10H14OS/c1-7-4-9(6-11)10(12-3)5-8(7)2/h4-5,11H,6H2,1-3H3. The molecule has 0 saturated carbocycles. The van der Waals surface area contributed by atoms with E-state index in [1.807, 2.05) is 6.26 Å². The molecule has 0 radical (unpaired) electrons. The highest BCUT2D eigenvalue weighted by Crippen LogP contribution is 2.23. The summed E-state index contributed by atoms with van der Waals surface area (Å²) in [5.41, 5.74) is 3.57. The lowest BCUT2D eigenvalue weighted by Gasteiger charge is -2.08. The maximum absolute atomic E-state index is 9.05. The van der Waals surface area contributed by atoms with Gasteiger partial charge in [-0.05, 0) is 42.9 Å². The molecule has 1 aromatic carbocycles. The molecule has 0 heterocycles. The van der Waals surface area contributed by atoms with Crippen LogP contribution in [0.2, 0.25) is 0 Å². The normalized spacial score (nSPS) is 10.3. The van der Waals surface area contributed by atoms with Crippen molar-refractivity contribution in [3.63, 3.8) is 0 Å². The van der Waals surface area contributed by atoms with Gasteiger partial charge in [-0.1, -0.05) is 6.07 Å². The van der Waals surface area contributed by atoms with Crippen molar-refractivity contribution in [2.24, 2.45) is 0 Å². The van der Waals surface area contributed by atoms with E-state index in [1.54, 1.807) is 11.8 Å². The Kier molecular flexibility index (Phi) is 3.18. The van der Waals surface area contributed by atoms with Crippen molar-refractivity contribution in [1.29, 1.82) is 0 Å². The third-order valence-electron chi connectivity index (χ3n) is 2.07. The Morgan fingerprint density at radius 1 is 1.25 bits per heavy atom. The highest BCUT2D eigenvalue weighted by molar-refractivity contribution is 7.98. The Morgan fingerprint density at radius 2 is 1.83 bits per heavy atom. The zero-order chi connectivity index (χ0) is 9.14. The summed E-state index contributed by atoms with van der Waals surface area (Å²) in [7, 11) is 0. The van der Waals surface area contributed by atoms with Gasteiger partial charge in [0.05, 0.1) is 6.61 Å². The smallest absolute Gasteiger partial charge is 0.0692 e. The molecule has 0 aliphatic rings. The second-order valence-corrected chi connectivity index (χ2v) is 3.75. The van der Waals surface area contributed by atoms with Crippen molar-refractivity contribution in [1.82, 2.24) is 0 Å². The molecule has 1 rings (SSSR count). The average Bonchev–Trinajstić information content (AvgIpc) is 2.09. The van der Waals surface area contributed by atoms with E-state index in [1.165, 1.54) is 16.0 Å². The predicted octanol–water partition coefficient (Wildman–Crippen LogP) is 2.52. The van der Waals surface area contributed by atoms with Crippen LogP contribution in [0.1, 0.15) is 16.7 Å². The van der Waals surface area contributed by atoms with Gasteiger partial charge in [-0.2, -0.15) is 0 Å². The molecular formula is C10H14OS. The summed E-state index contributed by atoms with van der Waals surface area (Å²) in [4.78, 5) is 1.18. The highest BCUT2D eigenvalue weighted by Gasteiger charge is 2.02. The maximum atomic E-state index is 9.05. The minimum atomic E-state index is 0.136. The number of aliphatic hydroxyl groups is 1. The average molecular weight is 182 g/mol. The fraction of sp³-hybridized carbons (Fsp3) is 0.400. The molecule has 66 valence electrons. The van der Waals surface area contributed by atoms with Gasteiger partial charge in [0.1, 0.15) is 0 Å². The van der Waals surface area contributed by atoms with E-state index in [9.17, 15) is 0 Å². The number of aliphatic hydroxyl groups excluding tert-OH is 1. The Bertz CT molecular complexity index is 252. The molecular weight excluding hydrogens is 168 g/mol. The Labute approximate surface area is 77.8 Å². The topological polar surface area (TPSA) is 20.2 Å². The zero-order valence-electron chi connectivity index (χ0n) is 7.72. The van der Waals surface area contributed by atoms with E-state index >= 15 is 0 Å². The number of benzene rings is 1. The van der Waals surface area contributed by atoms with Crippen LogP contribution in [-0.2, 0) is 6.61 Å². The van der Waals surface area contributed by atoms with Gasteiger partial charge in [-0.25, -0.2) is 0 Å². The van der Waals surface area contributed by atoms with Crippen LogP contribution in [0.3, 0.4) is 0 Å². The van der Waals surface area contributed by atoms with Crippen molar-refractivity contribution in [3.05, 3.63) is 28.8 Å². The molecule has 1 N–H and O–H groups in total. The molecule has 0 aliphatic carbocycles. The van der Waals surface area contributed by atoms with E-state index in [2.05, 4.69) is 26.0 Å². The molecule has 0 aliphatic heterocycles. The monoisotopic (exact) mass is 182 g/mol. The van der Waals surface area contributed by atoms with Crippen molar-refractivity contribution >= 4 is 11.8 Å². The number of hydrogen-bond donors (Lipinski definition) is 1. The van der Waals surface area contributed by atoms with E-state index in [0.29, 0.717) is 0 Å². The summed E-state index contributed by atoms with van der Waals surface area (Å²) in [6, 6.07) is 4.19. The molecule has 2 heteroatoms.